The molecule has 0 aromatic heterocycles. The second-order valence-electron chi connectivity index (χ2n) is 8.50. The van der Waals surface area contributed by atoms with Crippen molar-refractivity contribution in [3.8, 4) is 5.75 Å². The van der Waals surface area contributed by atoms with Crippen molar-refractivity contribution in [2.45, 2.75) is 38.5 Å². The number of nitrogens with one attached hydrogen (secondary N) is 1. The summed E-state index contributed by atoms with van der Waals surface area (Å²) in [6.45, 7) is 4.30. The maximum absolute atomic E-state index is 13.7. The Kier molecular flexibility index (Phi) is 7.78. The molecule has 2 atom stereocenters. The molecule has 0 spiro atoms. The molecule has 1 heterocycles. The quantitative estimate of drug-likeness (QED) is 0.408. The summed E-state index contributed by atoms with van der Waals surface area (Å²) < 4.78 is 11.3. The van der Waals surface area contributed by atoms with Gasteiger partial charge < -0.3 is 14.8 Å². The van der Waals surface area contributed by atoms with Crippen molar-refractivity contribution in [1.29, 1.82) is 0 Å². The van der Waals surface area contributed by atoms with E-state index < -0.39 is 5.92 Å². The molecule has 0 bridgehead atoms. The van der Waals surface area contributed by atoms with Crippen molar-refractivity contribution >= 4 is 23.5 Å². The number of allylic oxidation sites excluding steroid dienone is 3. The second-order valence-corrected chi connectivity index (χ2v) is 9.90. The highest BCUT2D eigenvalue weighted by Crippen LogP contribution is 2.47. The second kappa shape index (κ2) is 11.0. The number of carbonyl (C=O) groups is 2. The zero-order valence-electron chi connectivity index (χ0n) is 19.9. The van der Waals surface area contributed by atoms with E-state index >= 15 is 0 Å². The molecule has 1 aliphatic carbocycles. The van der Waals surface area contributed by atoms with Crippen LogP contribution in [0, 0.1) is 0 Å². The Hall–Kier alpha value is -2.99. The van der Waals surface area contributed by atoms with Gasteiger partial charge in [-0.2, -0.15) is 11.8 Å². The highest BCUT2D eigenvalue weighted by molar-refractivity contribution is 7.99. The van der Waals surface area contributed by atoms with Gasteiger partial charge in [-0.25, -0.2) is 4.79 Å². The summed E-state index contributed by atoms with van der Waals surface area (Å²) in [6, 6.07) is 17.8. The Bertz CT molecular complexity index is 1120. The monoisotopic (exact) mass is 477 g/mol. The van der Waals surface area contributed by atoms with E-state index in [-0.39, 0.29) is 17.7 Å². The van der Waals surface area contributed by atoms with Gasteiger partial charge in [0.05, 0.1) is 18.6 Å². The number of ether oxygens (including phenoxy) is 2. The lowest BCUT2D eigenvalue weighted by Crippen LogP contribution is -2.36. The van der Waals surface area contributed by atoms with Crippen LogP contribution >= 0.6 is 11.8 Å². The number of ketones is 1. The Morgan fingerprint density at radius 3 is 2.56 bits per heavy atom. The normalized spacial score (nSPS) is 20.0. The fourth-order valence-electron chi connectivity index (χ4n) is 4.90. The number of methoxy groups -OCH3 is 1. The first-order valence-corrected chi connectivity index (χ1v) is 12.9. The summed E-state index contributed by atoms with van der Waals surface area (Å²) in [7, 11) is 1.61. The van der Waals surface area contributed by atoms with E-state index in [1.54, 1.807) is 18.9 Å². The summed E-state index contributed by atoms with van der Waals surface area (Å²) in [5, 5.41) is 3.41. The van der Waals surface area contributed by atoms with Gasteiger partial charge in [-0.15, -0.1) is 0 Å². The van der Waals surface area contributed by atoms with Crippen molar-refractivity contribution in [3.63, 3.8) is 0 Å². The molecule has 5 nitrogen and oxygen atoms in total. The molecule has 6 heteroatoms. The van der Waals surface area contributed by atoms with Crippen LogP contribution in [0.3, 0.4) is 0 Å². The maximum Gasteiger partial charge on any atom is 0.336 e. The third kappa shape index (κ3) is 4.92. The fraction of sp³-hybridized carbons (Fsp3) is 0.357. The van der Waals surface area contributed by atoms with Crippen LogP contribution in [0.1, 0.15) is 49.7 Å². The number of para-hydroxylation sites is 1. The van der Waals surface area contributed by atoms with E-state index in [0.717, 1.165) is 34.0 Å². The predicted molar refractivity (Wildman–Crippen MR) is 136 cm³/mol. The van der Waals surface area contributed by atoms with Crippen LogP contribution in [0.2, 0.25) is 0 Å². The van der Waals surface area contributed by atoms with Gasteiger partial charge in [-0.3, -0.25) is 4.79 Å². The first-order chi connectivity index (χ1) is 16.5. The summed E-state index contributed by atoms with van der Waals surface area (Å²) in [5.74, 6) is 1.61. The first-order valence-electron chi connectivity index (χ1n) is 11.7. The van der Waals surface area contributed by atoms with Gasteiger partial charge in [-0.1, -0.05) is 55.5 Å². The van der Waals surface area contributed by atoms with Gasteiger partial charge >= 0.3 is 5.97 Å². The average Bonchev–Trinajstić information content (AvgIpc) is 2.86. The molecular formula is C28H31NO4S. The summed E-state index contributed by atoms with van der Waals surface area (Å²) in [5.41, 5.74) is 4.70. The van der Waals surface area contributed by atoms with Gasteiger partial charge in [-0.05, 0) is 36.6 Å². The van der Waals surface area contributed by atoms with E-state index in [4.69, 9.17) is 9.47 Å². The molecule has 4 rings (SSSR count). The molecular weight excluding hydrogens is 446 g/mol. The lowest BCUT2D eigenvalue weighted by Gasteiger charge is -2.37. The topological polar surface area (TPSA) is 64.6 Å². The third-order valence-electron chi connectivity index (χ3n) is 6.43. The third-order valence-corrected chi connectivity index (χ3v) is 7.30. The summed E-state index contributed by atoms with van der Waals surface area (Å²) in [4.78, 5) is 27.0. The molecule has 1 aliphatic heterocycles. The maximum atomic E-state index is 13.7. The number of Topliss-reactive ketones (excluding diaryl/α,β-unsaturated/α-hetero) is 1. The van der Waals surface area contributed by atoms with Crippen molar-refractivity contribution in [1.82, 2.24) is 5.32 Å². The average molecular weight is 478 g/mol. The highest BCUT2D eigenvalue weighted by Gasteiger charge is 2.42. The number of dihydropyridines is 1. The zero-order valence-corrected chi connectivity index (χ0v) is 20.7. The molecule has 178 valence electrons. The molecule has 0 radical (unpaired) electrons. The highest BCUT2D eigenvalue weighted by atomic mass is 32.2. The van der Waals surface area contributed by atoms with Crippen LogP contribution < -0.4 is 10.1 Å². The smallest absolute Gasteiger partial charge is 0.336 e. The Morgan fingerprint density at radius 1 is 1.09 bits per heavy atom. The zero-order chi connectivity index (χ0) is 24.1. The van der Waals surface area contributed by atoms with Gasteiger partial charge in [0.2, 0.25) is 0 Å². The lowest BCUT2D eigenvalue weighted by atomic mass is 9.71. The van der Waals surface area contributed by atoms with Crippen LogP contribution in [0.4, 0.5) is 0 Å². The number of hydrogen-bond donors (Lipinski definition) is 1. The van der Waals surface area contributed by atoms with Gasteiger partial charge in [0.25, 0.3) is 0 Å². The van der Waals surface area contributed by atoms with E-state index in [2.05, 4.69) is 24.4 Å². The minimum atomic E-state index is -0.525. The number of rotatable bonds is 8. The van der Waals surface area contributed by atoms with Crippen LogP contribution in [0.25, 0.3) is 0 Å². The Balaban J connectivity index is 1.75. The van der Waals surface area contributed by atoms with Gasteiger partial charge in [0.1, 0.15) is 12.4 Å². The van der Waals surface area contributed by atoms with E-state index in [1.165, 1.54) is 0 Å². The van der Waals surface area contributed by atoms with Crippen molar-refractivity contribution in [2.75, 3.05) is 25.2 Å². The largest absolute Gasteiger partial charge is 0.496 e. The molecule has 0 saturated heterocycles. The van der Waals surface area contributed by atoms with E-state index in [0.29, 0.717) is 36.3 Å². The minimum absolute atomic E-state index is 0.0536. The van der Waals surface area contributed by atoms with Crippen molar-refractivity contribution < 1.29 is 19.1 Å². The van der Waals surface area contributed by atoms with Crippen molar-refractivity contribution in [3.05, 3.63) is 88.3 Å². The Morgan fingerprint density at radius 2 is 1.82 bits per heavy atom. The molecule has 2 aromatic rings. The molecule has 2 aromatic carbocycles. The summed E-state index contributed by atoms with van der Waals surface area (Å²) in [6.07, 6.45) is 1.12. The minimum Gasteiger partial charge on any atom is -0.496 e. The molecule has 34 heavy (non-hydrogen) atoms. The first kappa shape index (κ1) is 24.1. The van der Waals surface area contributed by atoms with Crippen molar-refractivity contribution in [2.24, 2.45) is 0 Å². The van der Waals surface area contributed by atoms with Crippen LogP contribution in [0.5, 0.6) is 5.75 Å². The lowest BCUT2D eigenvalue weighted by molar-refractivity contribution is -0.138. The summed E-state index contributed by atoms with van der Waals surface area (Å²) >= 11 is 1.73. The fourth-order valence-corrected chi connectivity index (χ4v) is 5.39. The molecule has 0 amide bonds. The molecule has 0 saturated carbocycles. The number of esters is 1. The molecule has 2 aliphatic rings. The van der Waals surface area contributed by atoms with Crippen LogP contribution in [0.15, 0.2) is 77.1 Å². The van der Waals surface area contributed by atoms with Gasteiger partial charge in [0, 0.05) is 34.7 Å². The van der Waals surface area contributed by atoms with Crippen LogP contribution in [-0.4, -0.2) is 37.0 Å². The number of hydrogen-bond acceptors (Lipinski definition) is 6. The molecule has 0 fully saturated rings. The van der Waals surface area contributed by atoms with Crippen LogP contribution in [-0.2, 0) is 14.3 Å². The number of benzene rings is 2. The van der Waals surface area contributed by atoms with Gasteiger partial charge in [0.15, 0.2) is 5.78 Å². The molecule has 1 N–H and O–H groups in total. The molecule has 2 unspecified atom stereocenters. The Labute approximate surface area is 205 Å². The SMILES string of the molecule is CCSCCOC(=O)C1=C(C)NC2=C(C(=O)CC(c3ccccc3)C2)C1c1ccccc1OC. The standard InChI is InChI=1S/C28H31NO4S/c1-4-34-15-14-33-28(31)25-18(2)29-22-16-20(19-10-6-5-7-11-19)17-23(30)27(22)26(25)21-12-8-9-13-24(21)32-3/h5-13,20,26,29H,4,14-17H2,1-3H3. The predicted octanol–water partition coefficient (Wildman–Crippen LogP) is 5.35. The van der Waals surface area contributed by atoms with E-state index in [1.807, 2.05) is 49.4 Å². The number of carbonyl (C=O) groups excluding carboxylic acids is 2. The van der Waals surface area contributed by atoms with E-state index in [9.17, 15) is 9.59 Å². The number of thioether (sulfide) groups is 1.